The number of urea groups is 1. The second-order valence-electron chi connectivity index (χ2n) is 4.70. The Hall–Kier alpha value is -2.05. The molecule has 3 N–H and O–H groups in total. The summed E-state index contributed by atoms with van der Waals surface area (Å²) in [6.45, 7) is 6.82. The highest BCUT2D eigenvalue weighted by Crippen LogP contribution is 2.02. The van der Waals surface area contributed by atoms with Gasteiger partial charge in [0, 0.05) is 18.8 Å². The lowest BCUT2D eigenvalue weighted by Gasteiger charge is -2.13. The van der Waals surface area contributed by atoms with Crippen molar-refractivity contribution in [2.24, 2.45) is 0 Å². The van der Waals surface area contributed by atoms with Gasteiger partial charge in [-0.1, -0.05) is 6.92 Å². The SMILES string of the molecule is CC[C@@H](NC(=O)NCCCn1nc(C)cc1C)C(=O)O. The summed E-state index contributed by atoms with van der Waals surface area (Å²) in [4.78, 5) is 22.3. The van der Waals surface area contributed by atoms with Crippen LogP contribution in [0.2, 0.25) is 0 Å². The highest BCUT2D eigenvalue weighted by Gasteiger charge is 2.16. The first kappa shape index (κ1) is 16.0. The number of carboxylic acid groups (broad SMARTS) is 1. The largest absolute Gasteiger partial charge is 0.480 e. The second-order valence-corrected chi connectivity index (χ2v) is 4.70. The van der Waals surface area contributed by atoms with E-state index in [1.165, 1.54) is 0 Å². The molecule has 1 aromatic rings. The minimum Gasteiger partial charge on any atom is -0.480 e. The van der Waals surface area contributed by atoms with E-state index >= 15 is 0 Å². The van der Waals surface area contributed by atoms with E-state index in [0.29, 0.717) is 13.0 Å². The summed E-state index contributed by atoms with van der Waals surface area (Å²) in [5.41, 5.74) is 2.06. The van der Waals surface area contributed by atoms with Crippen LogP contribution < -0.4 is 10.6 Å². The van der Waals surface area contributed by atoms with E-state index in [9.17, 15) is 9.59 Å². The van der Waals surface area contributed by atoms with E-state index in [4.69, 9.17) is 5.11 Å². The van der Waals surface area contributed by atoms with Gasteiger partial charge in [0.05, 0.1) is 5.69 Å². The average molecular weight is 282 g/mol. The fourth-order valence-corrected chi connectivity index (χ4v) is 1.88. The number of hydrogen-bond acceptors (Lipinski definition) is 3. The van der Waals surface area contributed by atoms with E-state index in [-0.39, 0.29) is 0 Å². The number of amides is 2. The summed E-state index contributed by atoms with van der Waals surface area (Å²) in [5.74, 6) is -1.02. The highest BCUT2D eigenvalue weighted by atomic mass is 16.4. The predicted molar refractivity (Wildman–Crippen MR) is 74.6 cm³/mol. The number of nitrogens with one attached hydrogen (secondary N) is 2. The molecular formula is C13H22N4O3. The zero-order chi connectivity index (χ0) is 15.1. The third kappa shape index (κ3) is 4.91. The number of carbonyl (C=O) groups is 2. The van der Waals surface area contributed by atoms with Crippen molar-refractivity contribution in [3.8, 4) is 0 Å². The van der Waals surface area contributed by atoms with E-state index in [0.717, 1.165) is 24.4 Å². The third-order valence-corrected chi connectivity index (χ3v) is 2.95. The first-order valence-electron chi connectivity index (χ1n) is 6.72. The topological polar surface area (TPSA) is 96.3 Å². The first-order chi connectivity index (χ1) is 9.43. The number of hydrogen-bond donors (Lipinski definition) is 3. The molecule has 20 heavy (non-hydrogen) atoms. The molecule has 2 amide bonds. The van der Waals surface area contributed by atoms with Gasteiger partial charge >= 0.3 is 12.0 Å². The van der Waals surface area contributed by atoms with Crippen molar-refractivity contribution in [3.63, 3.8) is 0 Å². The van der Waals surface area contributed by atoms with Gasteiger partial charge in [0.25, 0.3) is 0 Å². The first-order valence-corrected chi connectivity index (χ1v) is 6.72. The molecule has 0 saturated carbocycles. The molecule has 1 rings (SSSR count). The van der Waals surface area contributed by atoms with Gasteiger partial charge in [-0.05, 0) is 32.8 Å². The maximum absolute atomic E-state index is 11.5. The zero-order valence-electron chi connectivity index (χ0n) is 12.1. The smallest absolute Gasteiger partial charge is 0.326 e. The fraction of sp³-hybridized carbons (Fsp3) is 0.615. The quantitative estimate of drug-likeness (QED) is 0.651. The maximum atomic E-state index is 11.5. The molecule has 0 saturated heterocycles. The molecule has 0 fully saturated rings. The number of aromatic nitrogens is 2. The van der Waals surface area contributed by atoms with Crippen LogP contribution in [-0.4, -0.2) is 39.5 Å². The Morgan fingerprint density at radius 1 is 1.45 bits per heavy atom. The third-order valence-electron chi connectivity index (χ3n) is 2.95. The highest BCUT2D eigenvalue weighted by molar-refractivity contribution is 5.82. The summed E-state index contributed by atoms with van der Waals surface area (Å²) in [6.07, 6.45) is 1.09. The van der Waals surface area contributed by atoms with Crippen molar-refractivity contribution in [3.05, 3.63) is 17.5 Å². The van der Waals surface area contributed by atoms with Gasteiger partial charge < -0.3 is 15.7 Å². The minimum absolute atomic E-state index is 0.356. The van der Waals surface area contributed by atoms with E-state index in [1.807, 2.05) is 24.6 Å². The molecule has 7 nitrogen and oxygen atoms in total. The lowest BCUT2D eigenvalue weighted by atomic mass is 10.2. The van der Waals surface area contributed by atoms with Crippen LogP contribution in [0.15, 0.2) is 6.07 Å². The van der Waals surface area contributed by atoms with E-state index in [1.54, 1.807) is 6.92 Å². The van der Waals surface area contributed by atoms with Gasteiger partial charge in [-0.15, -0.1) is 0 Å². The second kappa shape index (κ2) is 7.52. The molecular weight excluding hydrogens is 260 g/mol. The van der Waals surface area contributed by atoms with Crippen LogP contribution in [0.25, 0.3) is 0 Å². The number of carboxylic acids is 1. The van der Waals surface area contributed by atoms with Crippen molar-refractivity contribution in [2.75, 3.05) is 6.54 Å². The van der Waals surface area contributed by atoms with Crippen molar-refractivity contribution in [1.82, 2.24) is 20.4 Å². The van der Waals surface area contributed by atoms with Crippen LogP contribution in [0.1, 0.15) is 31.2 Å². The van der Waals surface area contributed by atoms with Crippen LogP contribution in [0, 0.1) is 13.8 Å². The van der Waals surface area contributed by atoms with Gasteiger partial charge in [0.2, 0.25) is 0 Å². The summed E-state index contributed by atoms with van der Waals surface area (Å²) >= 11 is 0. The predicted octanol–water partition coefficient (Wildman–Crippen LogP) is 1.05. The van der Waals surface area contributed by atoms with Gasteiger partial charge in [0.15, 0.2) is 0 Å². The molecule has 0 radical (unpaired) electrons. The molecule has 1 aromatic heterocycles. The van der Waals surface area contributed by atoms with Crippen LogP contribution >= 0.6 is 0 Å². The van der Waals surface area contributed by atoms with Crippen molar-refractivity contribution < 1.29 is 14.7 Å². The molecule has 112 valence electrons. The molecule has 7 heteroatoms. The number of aliphatic carboxylic acids is 1. The molecule has 1 heterocycles. The van der Waals surface area contributed by atoms with Gasteiger partial charge in [-0.2, -0.15) is 5.10 Å². The maximum Gasteiger partial charge on any atom is 0.326 e. The minimum atomic E-state index is -1.02. The summed E-state index contributed by atoms with van der Waals surface area (Å²) < 4.78 is 1.89. The lowest BCUT2D eigenvalue weighted by molar-refractivity contribution is -0.139. The van der Waals surface area contributed by atoms with Crippen molar-refractivity contribution in [2.45, 2.75) is 46.2 Å². The lowest BCUT2D eigenvalue weighted by Crippen LogP contribution is -2.45. The summed E-state index contributed by atoms with van der Waals surface area (Å²) in [5, 5.41) is 18.2. The Kier molecular flexibility index (Phi) is 6.02. The monoisotopic (exact) mass is 282 g/mol. The number of nitrogens with zero attached hydrogens (tertiary/aromatic N) is 2. The van der Waals surface area contributed by atoms with Crippen LogP contribution in [0.4, 0.5) is 4.79 Å². The normalized spacial score (nSPS) is 11.9. The standard InChI is InChI=1S/C13H22N4O3/c1-4-11(12(18)19)15-13(20)14-6-5-7-17-10(3)8-9(2)16-17/h8,11H,4-7H2,1-3H3,(H,18,19)(H2,14,15,20)/t11-/m1/s1. The van der Waals surface area contributed by atoms with Crippen LogP contribution in [0.5, 0.6) is 0 Å². The van der Waals surface area contributed by atoms with Crippen molar-refractivity contribution in [1.29, 1.82) is 0 Å². The number of rotatable bonds is 7. The van der Waals surface area contributed by atoms with E-state index < -0.39 is 18.0 Å². The molecule has 1 atom stereocenters. The van der Waals surface area contributed by atoms with Crippen molar-refractivity contribution >= 4 is 12.0 Å². The average Bonchev–Trinajstić information content (AvgIpc) is 2.70. The molecule has 0 aliphatic rings. The molecule has 0 aromatic carbocycles. The Bertz CT molecular complexity index is 470. The Labute approximate surface area is 118 Å². The fourth-order valence-electron chi connectivity index (χ4n) is 1.88. The zero-order valence-corrected chi connectivity index (χ0v) is 12.1. The van der Waals surface area contributed by atoms with E-state index in [2.05, 4.69) is 15.7 Å². The Morgan fingerprint density at radius 2 is 2.15 bits per heavy atom. The number of carbonyl (C=O) groups excluding carboxylic acids is 1. The van der Waals surface area contributed by atoms with Crippen LogP contribution in [0.3, 0.4) is 0 Å². The molecule has 0 aliphatic carbocycles. The van der Waals surface area contributed by atoms with Gasteiger partial charge in [-0.3, -0.25) is 4.68 Å². The Balaban J connectivity index is 2.25. The molecule has 0 unspecified atom stereocenters. The summed E-state index contributed by atoms with van der Waals surface area (Å²) in [6, 6.07) is 0.706. The van der Waals surface area contributed by atoms with Gasteiger partial charge in [-0.25, -0.2) is 9.59 Å². The molecule has 0 aliphatic heterocycles. The summed E-state index contributed by atoms with van der Waals surface area (Å²) in [7, 11) is 0. The van der Waals surface area contributed by atoms with Crippen LogP contribution in [-0.2, 0) is 11.3 Å². The molecule has 0 bridgehead atoms. The molecule has 0 spiro atoms. The number of aryl methyl sites for hydroxylation is 3. The Morgan fingerprint density at radius 3 is 2.65 bits per heavy atom. The van der Waals surface area contributed by atoms with Gasteiger partial charge in [0.1, 0.15) is 6.04 Å².